The zero-order valence-electron chi connectivity index (χ0n) is 20.7. The summed E-state index contributed by atoms with van der Waals surface area (Å²) in [7, 11) is 0. The summed E-state index contributed by atoms with van der Waals surface area (Å²) in [5, 5.41) is 0. The molecule has 2 aromatic carbocycles. The van der Waals surface area contributed by atoms with Crippen molar-refractivity contribution in [3.63, 3.8) is 0 Å². The lowest BCUT2D eigenvalue weighted by Gasteiger charge is -2.29. The SMILES string of the molecule is CCc1ccccc1N1C[C@H](C(=O)Oc2ccc(N3C(=O)[C@H]4C[C@H](Br)[C@@H](Br)C[C@H]4C3=O)c(C)c2)CC1=O. The van der Waals surface area contributed by atoms with Crippen LogP contribution in [0.15, 0.2) is 42.5 Å². The summed E-state index contributed by atoms with van der Waals surface area (Å²) in [6.45, 7) is 4.10. The van der Waals surface area contributed by atoms with Gasteiger partial charge in [-0.3, -0.25) is 19.2 Å². The molecular formula is C28H28Br2N2O5. The summed E-state index contributed by atoms with van der Waals surface area (Å²) in [4.78, 5) is 55.2. The van der Waals surface area contributed by atoms with E-state index in [1.165, 1.54) is 4.90 Å². The molecule has 0 aromatic heterocycles. The number of benzene rings is 2. The first-order chi connectivity index (χ1) is 17.7. The monoisotopic (exact) mass is 630 g/mol. The normalized spacial score (nSPS) is 27.6. The quantitative estimate of drug-likeness (QED) is 0.202. The number of esters is 1. The minimum Gasteiger partial charge on any atom is -0.426 e. The van der Waals surface area contributed by atoms with Gasteiger partial charge >= 0.3 is 5.97 Å². The molecule has 0 unspecified atom stereocenters. The van der Waals surface area contributed by atoms with E-state index in [1.54, 1.807) is 30.0 Å². The number of anilines is 2. The Morgan fingerprint density at radius 2 is 1.62 bits per heavy atom. The van der Waals surface area contributed by atoms with Crippen LogP contribution >= 0.6 is 31.9 Å². The Kier molecular flexibility index (Phi) is 7.29. The number of hydrogen-bond donors (Lipinski definition) is 0. The number of amides is 3. The Bertz CT molecular complexity index is 1250. The molecule has 2 heterocycles. The first-order valence-electron chi connectivity index (χ1n) is 12.6. The van der Waals surface area contributed by atoms with Crippen LogP contribution in [0.2, 0.25) is 0 Å². The number of aryl methyl sites for hydroxylation is 2. The Morgan fingerprint density at radius 1 is 0.973 bits per heavy atom. The van der Waals surface area contributed by atoms with Crippen LogP contribution in [0.4, 0.5) is 11.4 Å². The third-order valence-electron chi connectivity index (χ3n) is 7.66. The molecule has 0 bridgehead atoms. The molecule has 2 saturated heterocycles. The molecule has 7 nitrogen and oxygen atoms in total. The fourth-order valence-corrected chi connectivity index (χ4v) is 6.88. The fraction of sp³-hybridized carbons (Fsp3) is 0.429. The second-order valence-corrected chi connectivity index (χ2v) is 12.3. The number of fused-ring (bicyclic) bond motifs is 1. The number of hydrogen-bond acceptors (Lipinski definition) is 5. The number of carbonyl (C=O) groups is 4. The molecule has 0 spiro atoms. The van der Waals surface area contributed by atoms with Gasteiger partial charge in [0.1, 0.15) is 5.75 Å². The molecule has 3 amide bonds. The summed E-state index contributed by atoms with van der Waals surface area (Å²) >= 11 is 7.23. The number of para-hydroxylation sites is 1. The van der Waals surface area contributed by atoms with Gasteiger partial charge in [0, 0.05) is 28.3 Å². The second kappa shape index (κ2) is 10.3. The number of rotatable bonds is 5. The van der Waals surface area contributed by atoms with Crippen LogP contribution in [0, 0.1) is 24.7 Å². The van der Waals surface area contributed by atoms with Gasteiger partial charge in [0.25, 0.3) is 0 Å². The summed E-state index contributed by atoms with van der Waals surface area (Å²) in [6, 6.07) is 12.6. The first-order valence-corrected chi connectivity index (χ1v) is 14.4. The van der Waals surface area contributed by atoms with E-state index in [1.807, 2.05) is 31.2 Å². The highest BCUT2D eigenvalue weighted by molar-refractivity contribution is 9.12. The van der Waals surface area contributed by atoms with Crippen LogP contribution < -0.4 is 14.5 Å². The molecule has 194 valence electrons. The van der Waals surface area contributed by atoms with Crippen LogP contribution in [-0.2, 0) is 25.6 Å². The van der Waals surface area contributed by atoms with Gasteiger partial charge < -0.3 is 9.64 Å². The topological polar surface area (TPSA) is 84.0 Å². The minimum atomic E-state index is -0.573. The summed E-state index contributed by atoms with van der Waals surface area (Å²) in [6.07, 6.45) is 2.10. The van der Waals surface area contributed by atoms with Crippen molar-refractivity contribution in [3.8, 4) is 5.75 Å². The highest BCUT2D eigenvalue weighted by Gasteiger charge is 2.52. The third kappa shape index (κ3) is 4.76. The molecule has 0 radical (unpaired) electrons. The van der Waals surface area contributed by atoms with Gasteiger partial charge in [0.15, 0.2) is 0 Å². The maximum absolute atomic E-state index is 13.2. The van der Waals surface area contributed by atoms with Gasteiger partial charge in [-0.05, 0) is 61.6 Å². The number of carbonyl (C=O) groups excluding carboxylic acids is 4. The molecule has 9 heteroatoms. The van der Waals surface area contributed by atoms with Crippen molar-refractivity contribution < 1.29 is 23.9 Å². The van der Waals surface area contributed by atoms with Crippen molar-refractivity contribution >= 4 is 66.9 Å². The zero-order valence-corrected chi connectivity index (χ0v) is 23.8. The van der Waals surface area contributed by atoms with Crippen molar-refractivity contribution in [1.29, 1.82) is 0 Å². The maximum atomic E-state index is 13.2. The summed E-state index contributed by atoms with van der Waals surface area (Å²) < 4.78 is 5.64. The molecule has 0 N–H and O–H groups in total. The lowest BCUT2D eigenvalue weighted by atomic mass is 9.81. The lowest BCUT2D eigenvalue weighted by Crippen LogP contribution is -2.34. The van der Waals surface area contributed by atoms with Crippen molar-refractivity contribution in [3.05, 3.63) is 53.6 Å². The number of ether oxygens (including phenoxy) is 1. The van der Waals surface area contributed by atoms with E-state index in [0.29, 0.717) is 29.8 Å². The van der Waals surface area contributed by atoms with Gasteiger partial charge in [-0.25, -0.2) is 4.90 Å². The highest BCUT2D eigenvalue weighted by atomic mass is 79.9. The van der Waals surface area contributed by atoms with Crippen molar-refractivity contribution in [1.82, 2.24) is 0 Å². The average molecular weight is 632 g/mol. The van der Waals surface area contributed by atoms with Gasteiger partial charge in [-0.1, -0.05) is 57.0 Å². The molecule has 1 saturated carbocycles. The van der Waals surface area contributed by atoms with Crippen molar-refractivity contribution in [2.45, 2.75) is 49.2 Å². The van der Waals surface area contributed by atoms with E-state index in [9.17, 15) is 19.2 Å². The van der Waals surface area contributed by atoms with Gasteiger partial charge in [0.05, 0.1) is 23.4 Å². The van der Waals surface area contributed by atoms with E-state index in [0.717, 1.165) is 17.7 Å². The van der Waals surface area contributed by atoms with Crippen LogP contribution in [0.5, 0.6) is 5.75 Å². The van der Waals surface area contributed by atoms with Gasteiger partial charge in [-0.15, -0.1) is 0 Å². The van der Waals surface area contributed by atoms with E-state index in [4.69, 9.17) is 4.74 Å². The van der Waals surface area contributed by atoms with Crippen LogP contribution in [0.25, 0.3) is 0 Å². The standard InChI is InChI=1S/C28H28Br2N2O5/c1-3-16-6-4-5-7-24(16)31-14-17(11-25(31)33)28(36)37-18-8-9-23(15(2)10-18)32-26(34)19-12-21(29)22(30)13-20(19)27(32)35/h4-10,17,19-22H,3,11-14H2,1-2H3/t17-,19-,20+,21+,22+/m1/s1. The van der Waals surface area contributed by atoms with E-state index >= 15 is 0 Å². The third-order valence-corrected chi connectivity index (χ3v) is 10.4. The number of nitrogens with zero attached hydrogens (tertiary/aromatic N) is 2. The highest BCUT2D eigenvalue weighted by Crippen LogP contribution is 2.45. The average Bonchev–Trinajstić information content (AvgIpc) is 3.37. The predicted molar refractivity (Wildman–Crippen MR) is 147 cm³/mol. The molecular weight excluding hydrogens is 604 g/mol. The van der Waals surface area contributed by atoms with Crippen LogP contribution in [-0.4, -0.2) is 39.9 Å². The molecule has 2 aromatic rings. The van der Waals surface area contributed by atoms with Gasteiger partial charge in [-0.2, -0.15) is 0 Å². The molecule has 1 aliphatic carbocycles. The Morgan fingerprint density at radius 3 is 2.24 bits per heavy atom. The van der Waals surface area contributed by atoms with Crippen molar-refractivity contribution in [2.75, 3.05) is 16.3 Å². The number of imide groups is 1. The Hall–Kier alpha value is -2.52. The molecule has 3 fully saturated rings. The van der Waals surface area contributed by atoms with E-state index < -0.39 is 11.9 Å². The largest absolute Gasteiger partial charge is 0.426 e. The fourth-order valence-electron chi connectivity index (χ4n) is 5.65. The summed E-state index contributed by atoms with van der Waals surface area (Å²) in [5.74, 6) is -1.83. The smallest absolute Gasteiger partial charge is 0.316 e. The van der Waals surface area contributed by atoms with Crippen LogP contribution in [0.3, 0.4) is 0 Å². The Labute approximate surface area is 232 Å². The first kappa shape index (κ1) is 26.1. The van der Waals surface area contributed by atoms with Gasteiger partial charge in [0.2, 0.25) is 17.7 Å². The van der Waals surface area contributed by atoms with E-state index in [-0.39, 0.29) is 52.2 Å². The maximum Gasteiger partial charge on any atom is 0.316 e. The molecule has 5 atom stereocenters. The molecule has 3 aliphatic rings. The lowest BCUT2D eigenvalue weighted by molar-refractivity contribution is -0.139. The zero-order chi connectivity index (χ0) is 26.4. The number of alkyl halides is 2. The van der Waals surface area contributed by atoms with Crippen molar-refractivity contribution in [2.24, 2.45) is 17.8 Å². The summed E-state index contributed by atoms with van der Waals surface area (Å²) in [5.41, 5.74) is 3.07. The van der Waals surface area contributed by atoms with E-state index in [2.05, 4.69) is 31.9 Å². The second-order valence-electron chi connectivity index (χ2n) is 9.99. The Balaban J connectivity index is 1.29. The molecule has 5 rings (SSSR count). The molecule has 2 aliphatic heterocycles. The number of halogens is 2. The molecule has 37 heavy (non-hydrogen) atoms. The predicted octanol–water partition coefficient (Wildman–Crippen LogP) is 4.94. The minimum absolute atomic E-state index is 0.0939. The van der Waals surface area contributed by atoms with Crippen LogP contribution in [0.1, 0.15) is 37.3 Å².